The summed E-state index contributed by atoms with van der Waals surface area (Å²) in [7, 11) is 0. The molecule has 0 aromatic rings. The van der Waals surface area contributed by atoms with E-state index >= 15 is 0 Å². The van der Waals surface area contributed by atoms with E-state index in [-0.39, 0.29) is 12.1 Å². The lowest BCUT2D eigenvalue weighted by Gasteiger charge is -2.29. The van der Waals surface area contributed by atoms with Gasteiger partial charge in [-0.15, -0.1) is 0 Å². The molecule has 3 atom stereocenters. The fourth-order valence-electron chi connectivity index (χ4n) is 1.51. The number of hydrogen-bond donors (Lipinski definition) is 1. The summed E-state index contributed by atoms with van der Waals surface area (Å²) >= 11 is 0. The van der Waals surface area contributed by atoms with Crippen LogP contribution in [0.3, 0.4) is 0 Å². The maximum atomic E-state index is 11.2. The van der Waals surface area contributed by atoms with Crippen molar-refractivity contribution in [2.24, 2.45) is 0 Å². The second-order valence-corrected chi connectivity index (χ2v) is 3.31. The average molecular weight is 188 g/mol. The number of aliphatic hydroxyl groups is 1. The molecule has 1 unspecified atom stereocenters. The molecule has 13 heavy (non-hydrogen) atoms. The van der Waals surface area contributed by atoms with Crippen molar-refractivity contribution in [1.29, 1.82) is 0 Å². The molecule has 4 nitrogen and oxygen atoms in total. The predicted molar refractivity (Wildman–Crippen MR) is 46.2 cm³/mol. The molecule has 0 aromatic heterocycles. The molecule has 1 aliphatic heterocycles. The minimum absolute atomic E-state index is 0.0712. The summed E-state index contributed by atoms with van der Waals surface area (Å²) < 4.78 is 10.1. The summed E-state index contributed by atoms with van der Waals surface area (Å²) in [5.74, 6) is -0.367. The van der Waals surface area contributed by atoms with Crippen LogP contribution in [-0.2, 0) is 14.3 Å². The first kappa shape index (κ1) is 10.5. The van der Waals surface area contributed by atoms with E-state index in [9.17, 15) is 9.90 Å². The van der Waals surface area contributed by atoms with Gasteiger partial charge < -0.3 is 14.6 Å². The van der Waals surface area contributed by atoms with Crippen molar-refractivity contribution < 1.29 is 19.4 Å². The van der Waals surface area contributed by atoms with Gasteiger partial charge in [0.15, 0.2) is 6.10 Å². The standard InChI is InChI=1S/C9H16O4/c1-3-12-9(11)8-5-7(10)4-6(2)13-8/h6-8,10H,3-5H2,1-2H3/t6-,7?,8-/m1/s1. The highest BCUT2D eigenvalue weighted by Gasteiger charge is 2.31. The highest BCUT2D eigenvalue weighted by molar-refractivity contribution is 5.74. The van der Waals surface area contributed by atoms with Gasteiger partial charge in [0.25, 0.3) is 0 Å². The zero-order valence-corrected chi connectivity index (χ0v) is 8.03. The van der Waals surface area contributed by atoms with E-state index in [1.807, 2.05) is 6.92 Å². The Morgan fingerprint density at radius 2 is 2.31 bits per heavy atom. The predicted octanol–water partition coefficient (Wildman–Crippen LogP) is 0.478. The topological polar surface area (TPSA) is 55.8 Å². The van der Waals surface area contributed by atoms with E-state index < -0.39 is 12.2 Å². The third-order valence-corrected chi connectivity index (χ3v) is 2.04. The fraction of sp³-hybridized carbons (Fsp3) is 0.889. The van der Waals surface area contributed by atoms with E-state index in [2.05, 4.69) is 0 Å². The van der Waals surface area contributed by atoms with E-state index in [4.69, 9.17) is 9.47 Å². The molecule has 0 spiro atoms. The molecule has 0 bridgehead atoms. The van der Waals surface area contributed by atoms with Crippen molar-refractivity contribution >= 4 is 5.97 Å². The van der Waals surface area contributed by atoms with Crippen molar-refractivity contribution in [3.8, 4) is 0 Å². The minimum atomic E-state index is -0.585. The average Bonchev–Trinajstić information content (AvgIpc) is 2.03. The Labute approximate surface area is 77.8 Å². The molecular formula is C9H16O4. The van der Waals surface area contributed by atoms with Crippen LogP contribution in [0.15, 0.2) is 0 Å². The van der Waals surface area contributed by atoms with Gasteiger partial charge in [-0.05, 0) is 20.3 Å². The highest BCUT2D eigenvalue weighted by Crippen LogP contribution is 2.20. The maximum Gasteiger partial charge on any atom is 0.335 e. The molecule has 0 radical (unpaired) electrons. The lowest BCUT2D eigenvalue weighted by Crippen LogP contribution is -2.39. The number of carbonyl (C=O) groups is 1. The second-order valence-electron chi connectivity index (χ2n) is 3.31. The van der Waals surface area contributed by atoms with Crippen molar-refractivity contribution in [2.45, 2.75) is 45.0 Å². The molecule has 1 saturated heterocycles. The number of ether oxygens (including phenoxy) is 2. The summed E-state index contributed by atoms with van der Waals surface area (Å²) in [5, 5.41) is 9.38. The van der Waals surface area contributed by atoms with Gasteiger partial charge in [-0.2, -0.15) is 0 Å². The van der Waals surface area contributed by atoms with Gasteiger partial charge in [-0.3, -0.25) is 0 Å². The highest BCUT2D eigenvalue weighted by atomic mass is 16.6. The van der Waals surface area contributed by atoms with Gasteiger partial charge in [-0.1, -0.05) is 0 Å². The maximum absolute atomic E-state index is 11.2. The van der Waals surface area contributed by atoms with Crippen molar-refractivity contribution in [1.82, 2.24) is 0 Å². The fourth-order valence-corrected chi connectivity index (χ4v) is 1.51. The number of esters is 1. The zero-order valence-electron chi connectivity index (χ0n) is 8.03. The number of carbonyl (C=O) groups excluding carboxylic acids is 1. The molecule has 76 valence electrons. The van der Waals surface area contributed by atoms with E-state index in [0.717, 1.165) is 0 Å². The summed E-state index contributed by atoms with van der Waals surface area (Å²) in [5.41, 5.74) is 0. The molecule has 0 saturated carbocycles. The third-order valence-electron chi connectivity index (χ3n) is 2.04. The van der Waals surface area contributed by atoms with Gasteiger partial charge in [-0.25, -0.2) is 4.79 Å². The molecule has 1 rings (SSSR count). The summed E-state index contributed by atoms with van der Waals surface area (Å²) in [4.78, 5) is 11.2. The molecule has 0 aromatic carbocycles. The van der Waals surface area contributed by atoms with Crippen molar-refractivity contribution in [2.75, 3.05) is 6.61 Å². The van der Waals surface area contributed by atoms with Gasteiger partial charge in [0.1, 0.15) is 0 Å². The number of aliphatic hydroxyl groups excluding tert-OH is 1. The third kappa shape index (κ3) is 2.97. The number of hydrogen-bond acceptors (Lipinski definition) is 4. The van der Waals surface area contributed by atoms with Gasteiger partial charge in [0, 0.05) is 6.42 Å². The first-order valence-electron chi connectivity index (χ1n) is 4.63. The molecule has 0 aliphatic carbocycles. The van der Waals surface area contributed by atoms with E-state index in [1.165, 1.54) is 0 Å². The van der Waals surface area contributed by atoms with Gasteiger partial charge >= 0.3 is 5.97 Å². The van der Waals surface area contributed by atoms with Crippen LogP contribution < -0.4 is 0 Å². The second kappa shape index (κ2) is 4.58. The monoisotopic (exact) mass is 188 g/mol. The van der Waals surface area contributed by atoms with Crippen LogP contribution in [0.1, 0.15) is 26.7 Å². The summed E-state index contributed by atoms with van der Waals surface area (Å²) in [6.07, 6.45) is -0.158. The summed E-state index contributed by atoms with van der Waals surface area (Å²) in [6.45, 7) is 3.94. The Morgan fingerprint density at radius 3 is 2.85 bits per heavy atom. The normalized spacial score (nSPS) is 34.2. The van der Waals surface area contributed by atoms with Crippen LogP contribution in [-0.4, -0.2) is 36.0 Å². The van der Waals surface area contributed by atoms with Crippen LogP contribution in [0, 0.1) is 0 Å². The molecule has 1 heterocycles. The molecule has 0 amide bonds. The Hall–Kier alpha value is -0.610. The largest absolute Gasteiger partial charge is 0.464 e. The van der Waals surface area contributed by atoms with E-state index in [1.54, 1.807) is 6.92 Å². The molecule has 1 aliphatic rings. The van der Waals surface area contributed by atoms with Crippen LogP contribution in [0.2, 0.25) is 0 Å². The first-order valence-corrected chi connectivity index (χ1v) is 4.63. The Morgan fingerprint density at radius 1 is 1.62 bits per heavy atom. The molecule has 4 heteroatoms. The van der Waals surface area contributed by atoms with Crippen LogP contribution >= 0.6 is 0 Å². The first-order chi connectivity index (χ1) is 6.13. The lowest BCUT2D eigenvalue weighted by atomic mass is 10.0. The SMILES string of the molecule is CCOC(=O)[C@H]1CC(O)C[C@@H](C)O1. The van der Waals surface area contributed by atoms with Crippen molar-refractivity contribution in [3.05, 3.63) is 0 Å². The molecule has 1 N–H and O–H groups in total. The van der Waals surface area contributed by atoms with Crippen LogP contribution in [0.5, 0.6) is 0 Å². The van der Waals surface area contributed by atoms with Gasteiger partial charge in [0.2, 0.25) is 0 Å². The van der Waals surface area contributed by atoms with Crippen molar-refractivity contribution in [3.63, 3.8) is 0 Å². The van der Waals surface area contributed by atoms with E-state index in [0.29, 0.717) is 19.4 Å². The molecular weight excluding hydrogens is 172 g/mol. The zero-order chi connectivity index (χ0) is 9.84. The lowest BCUT2D eigenvalue weighted by molar-refractivity contribution is -0.170. The summed E-state index contributed by atoms with van der Waals surface area (Å²) in [6, 6.07) is 0. The Balaban J connectivity index is 2.45. The quantitative estimate of drug-likeness (QED) is 0.640. The number of rotatable bonds is 2. The minimum Gasteiger partial charge on any atom is -0.464 e. The Kier molecular flexibility index (Phi) is 3.69. The van der Waals surface area contributed by atoms with Crippen LogP contribution in [0.4, 0.5) is 0 Å². The smallest absolute Gasteiger partial charge is 0.335 e. The Bertz CT molecular complexity index is 170. The molecule has 1 fully saturated rings. The van der Waals surface area contributed by atoms with Crippen LogP contribution in [0.25, 0.3) is 0 Å². The van der Waals surface area contributed by atoms with Gasteiger partial charge in [0.05, 0.1) is 18.8 Å².